The molecule has 5 nitrogen and oxygen atoms in total. The van der Waals surface area contributed by atoms with Crippen LogP contribution in [0.25, 0.3) is 0 Å². The first kappa shape index (κ1) is 22.7. The van der Waals surface area contributed by atoms with Crippen LogP contribution in [0.3, 0.4) is 0 Å². The number of hydrogen-bond acceptors (Lipinski definition) is 3. The van der Waals surface area contributed by atoms with Crippen LogP contribution in [0, 0.1) is 19.7 Å². The van der Waals surface area contributed by atoms with Crippen molar-refractivity contribution in [2.75, 3.05) is 31.5 Å². The summed E-state index contributed by atoms with van der Waals surface area (Å²) in [7, 11) is 0. The molecular weight excluding hydrogens is 417 g/mol. The number of hydrogen-bond donors (Lipinski definition) is 1. The summed E-state index contributed by atoms with van der Waals surface area (Å²) in [6.45, 7) is 6.10. The summed E-state index contributed by atoms with van der Waals surface area (Å²) in [6, 6.07) is 20.9. The van der Waals surface area contributed by atoms with Gasteiger partial charge in [-0.25, -0.2) is 4.39 Å². The Morgan fingerprint density at radius 1 is 0.879 bits per heavy atom. The van der Waals surface area contributed by atoms with E-state index in [0.29, 0.717) is 31.7 Å². The third kappa shape index (κ3) is 5.29. The lowest BCUT2D eigenvalue weighted by molar-refractivity contribution is -0.122. The number of nitrogens with one attached hydrogen (secondary N) is 1. The van der Waals surface area contributed by atoms with Crippen LogP contribution in [0.5, 0.6) is 0 Å². The van der Waals surface area contributed by atoms with Gasteiger partial charge in [-0.2, -0.15) is 0 Å². The average Bonchev–Trinajstić information content (AvgIpc) is 2.83. The van der Waals surface area contributed by atoms with Crippen LogP contribution in [0.2, 0.25) is 0 Å². The fraction of sp³-hybridized carbons (Fsp3) is 0.259. The zero-order valence-corrected chi connectivity index (χ0v) is 18.9. The van der Waals surface area contributed by atoms with Gasteiger partial charge in [0.15, 0.2) is 0 Å². The molecule has 6 heteroatoms. The second-order valence-corrected chi connectivity index (χ2v) is 8.46. The van der Waals surface area contributed by atoms with Gasteiger partial charge in [0.2, 0.25) is 5.91 Å². The molecule has 0 spiro atoms. The van der Waals surface area contributed by atoms with Gasteiger partial charge in [-0.05, 0) is 60.9 Å². The van der Waals surface area contributed by atoms with Crippen LogP contribution >= 0.6 is 0 Å². The number of piperazine rings is 1. The molecule has 170 valence electrons. The summed E-state index contributed by atoms with van der Waals surface area (Å²) >= 11 is 0. The Hall–Kier alpha value is -3.51. The Morgan fingerprint density at radius 2 is 1.55 bits per heavy atom. The Kier molecular flexibility index (Phi) is 6.84. The predicted octanol–water partition coefficient (Wildman–Crippen LogP) is 4.58. The minimum absolute atomic E-state index is 0.0896. The van der Waals surface area contributed by atoms with E-state index in [4.69, 9.17) is 0 Å². The lowest BCUT2D eigenvalue weighted by Crippen LogP contribution is -2.51. The monoisotopic (exact) mass is 445 g/mol. The standard InChI is InChI=1S/C27H28FN3O2/c1-19-8-9-20(2)24(18-19)29-26(32)25(21-6-4-3-5-7-21)30-14-16-31(17-15-30)27(33)22-10-12-23(28)13-11-22/h3-13,18,25H,14-17H2,1-2H3,(H,29,32). The first-order valence-corrected chi connectivity index (χ1v) is 11.1. The highest BCUT2D eigenvalue weighted by Gasteiger charge is 2.32. The Morgan fingerprint density at radius 3 is 2.21 bits per heavy atom. The molecule has 1 aliphatic heterocycles. The quantitative estimate of drug-likeness (QED) is 0.626. The minimum atomic E-state index is -0.464. The molecule has 0 radical (unpaired) electrons. The molecule has 0 aliphatic carbocycles. The molecule has 0 aromatic heterocycles. The molecule has 3 aromatic carbocycles. The van der Waals surface area contributed by atoms with E-state index in [2.05, 4.69) is 10.2 Å². The highest BCUT2D eigenvalue weighted by atomic mass is 19.1. The summed E-state index contributed by atoms with van der Waals surface area (Å²) in [5.74, 6) is -0.573. The van der Waals surface area contributed by atoms with Crippen molar-refractivity contribution in [3.63, 3.8) is 0 Å². The van der Waals surface area contributed by atoms with Crippen molar-refractivity contribution >= 4 is 17.5 Å². The van der Waals surface area contributed by atoms with E-state index in [-0.39, 0.29) is 17.6 Å². The van der Waals surface area contributed by atoms with Crippen molar-refractivity contribution in [2.24, 2.45) is 0 Å². The second kappa shape index (κ2) is 9.96. The molecule has 33 heavy (non-hydrogen) atoms. The summed E-state index contributed by atoms with van der Waals surface area (Å²) in [6.07, 6.45) is 0. The average molecular weight is 446 g/mol. The lowest BCUT2D eigenvalue weighted by Gasteiger charge is -2.39. The van der Waals surface area contributed by atoms with Crippen molar-refractivity contribution in [1.82, 2.24) is 9.80 Å². The number of carbonyl (C=O) groups is 2. The Bertz CT molecular complexity index is 1120. The predicted molar refractivity (Wildman–Crippen MR) is 128 cm³/mol. The zero-order chi connectivity index (χ0) is 23.4. The molecule has 1 saturated heterocycles. The summed E-state index contributed by atoms with van der Waals surface area (Å²) < 4.78 is 13.2. The van der Waals surface area contributed by atoms with Crippen LogP contribution < -0.4 is 5.32 Å². The van der Waals surface area contributed by atoms with Crippen molar-refractivity contribution in [1.29, 1.82) is 0 Å². The molecule has 1 fully saturated rings. The third-order valence-corrected chi connectivity index (χ3v) is 6.07. The fourth-order valence-corrected chi connectivity index (χ4v) is 4.19. The number of aryl methyl sites for hydroxylation is 2. The Balaban J connectivity index is 1.50. The van der Waals surface area contributed by atoms with Crippen molar-refractivity contribution in [2.45, 2.75) is 19.9 Å². The van der Waals surface area contributed by atoms with Gasteiger partial charge in [0, 0.05) is 37.4 Å². The van der Waals surface area contributed by atoms with Crippen molar-refractivity contribution < 1.29 is 14.0 Å². The molecule has 3 aromatic rings. The maximum Gasteiger partial charge on any atom is 0.253 e. The summed E-state index contributed by atoms with van der Waals surface area (Å²) in [5, 5.41) is 3.12. The molecular formula is C27H28FN3O2. The van der Waals surface area contributed by atoms with Crippen LogP contribution in [-0.4, -0.2) is 47.8 Å². The highest BCUT2D eigenvalue weighted by molar-refractivity contribution is 5.96. The summed E-state index contributed by atoms with van der Waals surface area (Å²) in [4.78, 5) is 30.2. The lowest BCUT2D eigenvalue weighted by atomic mass is 10.0. The number of rotatable bonds is 5. The Labute approximate surface area is 193 Å². The SMILES string of the molecule is Cc1ccc(C)c(NC(=O)C(c2ccccc2)N2CCN(C(=O)c3ccc(F)cc3)CC2)c1. The van der Waals surface area contributed by atoms with Crippen LogP contribution in [0.15, 0.2) is 72.8 Å². The molecule has 0 bridgehead atoms. The maximum atomic E-state index is 13.5. The van der Waals surface area contributed by atoms with Gasteiger partial charge in [-0.3, -0.25) is 14.5 Å². The number of carbonyl (C=O) groups excluding carboxylic acids is 2. The van der Waals surface area contributed by atoms with Gasteiger partial charge in [-0.15, -0.1) is 0 Å². The normalized spacial score (nSPS) is 15.2. The van der Waals surface area contributed by atoms with Gasteiger partial charge < -0.3 is 10.2 Å². The van der Waals surface area contributed by atoms with E-state index in [0.717, 1.165) is 22.4 Å². The van der Waals surface area contributed by atoms with E-state index in [1.165, 1.54) is 24.3 Å². The van der Waals surface area contributed by atoms with Crippen molar-refractivity contribution in [3.8, 4) is 0 Å². The van der Waals surface area contributed by atoms with E-state index in [9.17, 15) is 14.0 Å². The van der Waals surface area contributed by atoms with Gasteiger partial charge in [0.05, 0.1) is 0 Å². The highest BCUT2D eigenvalue weighted by Crippen LogP contribution is 2.26. The number of benzene rings is 3. The molecule has 0 saturated carbocycles. The van der Waals surface area contributed by atoms with Crippen molar-refractivity contribution in [3.05, 3.63) is 101 Å². The van der Waals surface area contributed by atoms with Gasteiger partial charge in [0.1, 0.15) is 11.9 Å². The zero-order valence-electron chi connectivity index (χ0n) is 18.9. The third-order valence-electron chi connectivity index (χ3n) is 6.07. The molecule has 1 heterocycles. The maximum absolute atomic E-state index is 13.5. The van der Waals surface area contributed by atoms with Gasteiger partial charge in [-0.1, -0.05) is 42.5 Å². The number of amides is 2. The van der Waals surface area contributed by atoms with E-state index in [1.807, 2.05) is 62.4 Å². The van der Waals surface area contributed by atoms with Crippen LogP contribution in [0.4, 0.5) is 10.1 Å². The number of halogens is 1. The van der Waals surface area contributed by atoms with Gasteiger partial charge in [0.25, 0.3) is 5.91 Å². The molecule has 1 unspecified atom stereocenters. The molecule has 2 amide bonds. The smallest absolute Gasteiger partial charge is 0.253 e. The molecule has 1 atom stereocenters. The first-order valence-electron chi connectivity index (χ1n) is 11.1. The molecule has 4 rings (SSSR count). The molecule has 1 N–H and O–H groups in total. The minimum Gasteiger partial charge on any atom is -0.336 e. The van der Waals surface area contributed by atoms with Crippen LogP contribution in [-0.2, 0) is 4.79 Å². The second-order valence-electron chi connectivity index (χ2n) is 8.46. The molecule has 1 aliphatic rings. The topological polar surface area (TPSA) is 52.7 Å². The van der Waals surface area contributed by atoms with E-state index < -0.39 is 6.04 Å². The van der Waals surface area contributed by atoms with Gasteiger partial charge >= 0.3 is 0 Å². The van der Waals surface area contributed by atoms with E-state index >= 15 is 0 Å². The number of anilines is 1. The fourth-order valence-electron chi connectivity index (χ4n) is 4.19. The van der Waals surface area contributed by atoms with E-state index in [1.54, 1.807) is 4.90 Å². The summed E-state index contributed by atoms with van der Waals surface area (Å²) in [5.41, 5.74) is 4.29. The number of nitrogens with zero attached hydrogens (tertiary/aromatic N) is 2. The largest absolute Gasteiger partial charge is 0.336 e. The first-order chi connectivity index (χ1) is 15.9. The van der Waals surface area contributed by atoms with Crippen LogP contribution in [0.1, 0.15) is 33.1 Å².